The molecule has 0 amide bonds. The second kappa shape index (κ2) is 3.73. The zero-order valence-corrected chi connectivity index (χ0v) is 10.3. The van der Waals surface area contributed by atoms with E-state index in [4.69, 9.17) is 10.2 Å². The van der Waals surface area contributed by atoms with Crippen molar-refractivity contribution in [2.75, 3.05) is 5.73 Å². The van der Waals surface area contributed by atoms with Crippen molar-refractivity contribution >= 4 is 51.6 Å². The van der Waals surface area contributed by atoms with Gasteiger partial charge in [0.15, 0.2) is 0 Å². The lowest BCUT2D eigenvalue weighted by molar-refractivity contribution is 0.669. The van der Waals surface area contributed by atoms with Gasteiger partial charge in [0.25, 0.3) is 0 Å². The molecule has 0 unspecified atom stereocenters. The van der Waals surface area contributed by atoms with Crippen LogP contribution in [0.2, 0.25) is 0 Å². The van der Waals surface area contributed by atoms with Crippen molar-refractivity contribution < 1.29 is 4.42 Å². The standard InChI is InChI=1S/C12H9NO.HI/c13-9-5-3-7-11-12(9)8-4-1-2-6-10(8)14-11;/h1-7H,13H2;1H. The van der Waals surface area contributed by atoms with Crippen LogP contribution < -0.4 is 5.73 Å². The summed E-state index contributed by atoms with van der Waals surface area (Å²) < 4.78 is 5.65. The van der Waals surface area contributed by atoms with Crippen LogP contribution in [0.3, 0.4) is 0 Å². The molecule has 0 saturated heterocycles. The van der Waals surface area contributed by atoms with Gasteiger partial charge in [-0.2, -0.15) is 0 Å². The van der Waals surface area contributed by atoms with E-state index in [-0.39, 0.29) is 24.0 Å². The third-order valence-electron chi connectivity index (χ3n) is 2.43. The second-order valence-electron chi connectivity index (χ2n) is 3.32. The molecule has 1 aromatic heterocycles. The molecule has 3 aromatic rings. The Hall–Kier alpha value is -1.23. The van der Waals surface area contributed by atoms with Crippen LogP contribution >= 0.6 is 24.0 Å². The molecule has 0 radical (unpaired) electrons. The lowest BCUT2D eigenvalue weighted by atomic mass is 10.1. The van der Waals surface area contributed by atoms with E-state index in [1.54, 1.807) is 0 Å². The number of hydrogen-bond donors (Lipinski definition) is 1. The Labute approximate surface area is 104 Å². The molecule has 0 aliphatic carbocycles. The summed E-state index contributed by atoms with van der Waals surface area (Å²) in [6, 6.07) is 13.7. The summed E-state index contributed by atoms with van der Waals surface area (Å²) in [7, 11) is 0. The molecular weight excluding hydrogens is 301 g/mol. The molecule has 2 aromatic carbocycles. The number of para-hydroxylation sites is 1. The predicted molar refractivity (Wildman–Crippen MR) is 73.5 cm³/mol. The summed E-state index contributed by atoms with van der Waals surface area (Å²) >= 11 is 0. The molecule has 0 saturated carbocycles. The van der Waals surface area contributed by atoms with Crippen LogP contribution in [0.1, 0.15) is 0 Å². The molecule has 0 aliphatic rings. The van der Waals surface area contributed by atoms with E-state index in [0.717, 1.165) is 27.6 Å². The first kappa shape index (κ1) is 10.3. The van der Waals surface area contributed by atoms with E-state index >= 15 is 0 Å². The van der Waals surface area contributed by atoms with Crippen molar-refractivity contribution in [2.24, 2.45) is 0 Å². The average molecular weight is 311 g/mol. The van der Waals surface area contributed by atoms with Gasteiger partial charge >= 0.3 is 0 Å². The molecule has 0 spiro atoms. The summed E-state index contributed by atoms with van der Waals surface area (Å²) in [5.74, 6) is 0. The van der Waals surface area contributed by atoms with E-state index in [0.29, 0.717) is 0 Å². The molecule has 0 bridgehead atoms. The maximum Gasteiger partial charge on any atom is 0.137 e. The molecular formula is C12H10INO. The van der Waals surface area contributed by atoms with Gasteiger partial charge in [0.1, 0.15) is 11.2 Å². The van der Waals surface area contributed by atoms with Gasteiger partial charge in [0, 0.05) is 11.1 Å². The lowest BCUT2D eigenvalue weighted by Gasteiger charge is -1.93. The van der Waals surface area contributed by atoms with Gasteiger partial charge in [-0.25, -0.2) is 0 Å². The van der Waals surface area contributed by atoms with Crippen LogP contribution in [-0.4, -0.2) is 0 Å². The Balaban J connectivity index is 0.000000853. The minimum Gasteiger partial charge on any atom is -0.456 e. The molecule has 76 valence electrons. The van der Waals surface area contributed by atoms with Crippen molar-refractivity contribution in [3.63, 3.8) is 0 Å². The van der Waals surface area contributed by atoms with Crippen molar-refractivity contribution in [1.82, 2.24) is 0 Å². The van der Waals surface area contributed by atoms with Gasteiger partial charge in [-0.15, -0.1) is 24.0 Å². The van der Waals surface area contributed by atoms with Crippen LogP contribution in [0.5, 0.6) is 0 Å². The first-order chi connectivity index (χ1) is 6.86. The topological polar surface area (TPSA) is 39.2 Å². The Morgan fingerprint density at radius 3 is 2.47 bits per heavy atom. The van der Waals surface area contributed by atoms with Crippen LogP contribution in [0.25, 0.3) is 21.9 Å². The van der Waals surface area contributed by atoms with Crippen LogP contribution in [-0.2, 0) is 0 Å². The highest BCUT2D eigenvalue weighted by Crippen LogP contribution is 2.31. The monoisotopic (exact) mass is 311 g/mol. The molecule has 0 fully saturated rings. The molecule has 0 aliphatic heterocycles. The Kier molecular flexibility index (Phi) is 2.56. The maximum atomic E-state index is 5.91. The van der Waals surface area contributed by atoms with Crippen LogP contribution in [0.15, 0.2) is 46.9 Å². The SMILES string of the molecule is I.Nc1cccc2oc3ccccc3c12. The molecule has 2 nitrogen and oxygen atoms in total. The highest BCUT2D eigenvalue weighted by atomic mass is 127. The predicted octanol–water partition coefficient (Wildman–Crippen LogP) is 3.79. The quantitative estimate of drug-likeness (QED) is 0.507. The normalized spacial score (nSPS) is 10.4. The van der Waals surface area contributed by atoms with E-state index in [9.17, 15) is 0 Å². The molecule has 1 heterocycles. The van der Waals surface area contributed by atoms with Gasteiger partial charge in [-0.05, 0) is 18.2 Å². The van der Waals surface area contributed by atoms with Crippen molar-refractivity contribution in [3.8, 4) is 0 Å². The molecule has 2 N–H and O–H groups in total. The fraction of sp³-hybridized carbons (Fsp3) is 0. The smallest absolute Gasteiger partial charge is 0.137 e. The van der Waals surface area contributed by atoms with Crippen LogP contribution in [0.4, 0.5) is 5.69 Å². The van der Waals surface area contributed by atoms with Gasteiger partial charge in [-0.1, -0.05) is 24.3 Å². The number of nitrogen functional groups attached to an aromatic ring is 1. The van der Waals surface area contributed by atoms with E-state index in [1.807, 2.05) is 42.5 Å². The Morgan fingerprint density at radius 1 is 0.867 bits per heavy atom. The van der Waals surface area contributed by atoms with Crippen molar-refractivity contribution in [1.29, 1.82) is 0 Å². The molecule has 0 atom stereocenters. The minimum absolute atomic E-state index is 0. The van der Waals surface area contributed by atoms with E-state index in [2.05, 4.69) is 0 Å². The highest BCUT2D eigenvalue weighted by Gasteiger charge is 2.07. The Morgan fingerprint density at radius 2 is 1.60 bits per heavy atom. The summed E-state index contributed by atoms with van der Waals surface area (Å²) in [6.07, 6.45) is 0. The van der Waals surface area contributed by atoms with Gasteiger partial charge in [0.2, 0.25) is 0 Å². The largest absolute Gasteiger partial charge is 0.456 e. The highest BCUT2D eigenvalue weighted by molar-refractivity contribution is 14.0. The molecule has 3 heteroatoms. The molecule has 15 heavy (non-hydrogen) atoms. The second-order valence-corrected chi connectivity index (χ2v) is 3.32. The van der Waals surface area contributed by atoms with Gasteiger partial charge in [0.05, 0.1) is 5.39 Å². The number of nitrogens with two attached hydrogens (primary N) is 1. The minimum atomic E-state index is 0. The summed E-state index contributed by atoms with van der Waals surface area (Å²) in [6.45, 7) is 0. The number of hydrogen-bond acceptors (Lipinski definition) is 2. The summed E-state index contributed by atoms with van der Waals surface area (Å²) in [5, 5.41) is 2.10. The van der Waals surface area contributed by atoms with Crippen molar-refractivity contribution in [2.45, 2.75) is 0 Å². The van der Waals surface area contributed by atoms with E-state index in [1.165, 1.54) is 0 Å². The van der Waals surface area contributed by atoms with Crippen LogP contribution in [0, 0.1) is 0 Å². The fourth-order valence-electron chi connectivity index (χ4n) is 1.80. The number of benzene rings is 2. The number of furan rings is 1. The van der Waals surface area contributed by atoms with E-state index < -0.39 is 0 Å². The van der Waals surface area contributed by atoms with Crippen molar-refractivity contribution in [3.05, 3.63) is 42.5 Å². The number of anilines is 1. The maximum absolute atomic E-state index is 5.91. The fourth-order valence-corrected chi connectivity index (χ4v) is 1.80. The molecule has 3 rings (SSSR count). The Bertz CT molecular complexity index is 615. The zero-order valence-electron chi connectivity index (χ0n) is 7.94. The van der Waals surface area contributed by atoms with Gasteiger partial charge < -0.3 is 10.2 Å². The lowest BCUT2D eigenvalue weighted by Crippen LogP contribution is -1.83. The summed E-state index contributed by atoms with van der Waals surface area (Å²) in [4.78, 5) is 0. The number of rotatable bonds is 0. The third-order valence-corrected chi connectivity index (χ3v) is 2.43. The third kappa shape index (κ3) is 1.47. The number of fused-ring (bicyclic) bond motifs is 3. The number of halogens is 1. The summed E-state index contributed by atoms with van der Waals surface area (Å²) in [5.41, 5.74) is 8.42. The first-order valence-corrected chi connectivity index (χ1v) is 4.52. The van der Waals surface area contributed by atoms with Gasteiger partial charge in [-0.3, -0.25) is 0 Å². The average Bonchev–Trinajstić information content (AvgIpc) is 2.57. The zero-order chi connectivity index (χ0) is 9.54. The first-order valence-electron chi connectivity index (χ1n) is 4.52.